The third kappa shape index (κ3) is 3.71. The SMILES string of the molecule is O=C(O)c1cc(NCc2ccc(Cl)cc2Br)c(F)cc1F. The first-order valence-corrected chi connectivity index (χ1v) is 6.95. The minimum absolute atomic E-state index is 0.0874. The van der Waals surface area contributed by atoms with E-state index >= 15 is 0 Å². The van der Waals surface area contributed by atoms with Crippen LogP contribution in [0.15, 0.2) is 34.8 Å². The van der Waals surface area contributed by atoms with Crippen LogP contribution >= 0.6 is 27.5 Å². The topological polar surface area (TPSA) is 49.3 Å². The van der Waals surface area contributed by atoms with E-state index in [0.717, 1.165) is 16.1 Å². The predicted octanol–water partition coefficient (Wildman–Crippen LogP) is 4.69. The number of carbonyl (C=O) groups is 1. The van der Waals surface area contributed by atoms with E-state index in [9.17, 15) is 13.6 Å². The molecule has 2 aromatic rings. The van der Waals surface area contributed by atoms with Gasteiger partial charge < -0.3 is 10.4 Å². The Kier molecular flexibility index (Phi) is 4.80. The van der Waals surface area contributed by atoms with Crippen LogP contribution in [0.3, 0.4) is 0 Å². The Labute approximate surface area is 132 Å². The van der Waals surface area contributed by atoms with Crippen LogP contribution in [0.1, 0.15) is 15.9 Å². The van der Waals surface area contributed by atoms with E-state index in [-0.39, 0.29) is 12.2 Å². The highest BCUT2D eigenvalue weighted by Gasteiger charge is 2.15. The van der Waals surface area contributed by atoms with Gasteiger partial charge in [-0.3, -0.25) is 0 Å². The van der Waals surface area contributed by atoms with Gasteiger partial charge in [-0.25, -0.2) is 13.6 Å². The second-order valence-electron chi connectivity index (χ2n) is 4.21. The Bertz CT molecular complexity index is 710. The van der Waals surface area contributed by atoms with E-state index in [4.69, 9.17) is 16.7 Å². The van der Waals surface area contributed by atoms with E-state index < -0.39 is 23.2 Å². The van der Waals surface area contributed by atoms with Crippen LogP contribution < -0.4 is 5.32 Å². The van der Waals surface area contributed by atoms with E-state index in [2.05, 4.69) is 21.2 Å². The van der Waals surface area contributed by atoms with Gasteiger partial charge in [-0.2, -0.15) is 0 Å². The number of benzene rings is 2. The highest BCUT2D eigenvalue weighted by atomic mass is 79.9. The highest BCUT2D eigenvalue weighted by Crippen LogP contribution is 2.24. The fraction of sp³-hybridized carbons (Fsp3) is 0.0714. The molecular weight excluding hydrogens is 368 g/mol. The first-order valence-electron chi connectivity index (χ1n) is 5.78. The van der Waals surface area contributed by atoms with Gasteiger partial charge in [0.25, 0.3) is 0 Å². The zero-order valence-corrected chi connectivity index (χ0v) is 12.8. The second-order valence-corrected chi connectivity index (χ2v) is 5.50. The van der Waals surface area contributed by atoms with Gasteiger partial charge in [0.1, 0.15) is 11.6 Å². The molecule has 0 aromatic heterocycles. The summed E-state index contributed by atoms with van der Waals surface area (Å²) in [4.78, 5) is 10.8. The summed E-state index contributed by atoms with van der Waals surface area (Å²) < 4.78 is 27.6. The molecule has 0 aliphatic rings. The van der Waals surface area contributed by atoms with Crippen molar-refractivity contribution in [2.45, 2.75) is 6.54 Å². The monoisotopic (exact) mass is 375 g/mol. The van der Waals surface area contributed by atoms with Crippen molar-refractivity contribution in [1.82, 2.24) is 0 Å². The number of hydrogen-bond acceptors (Lipinski definition) is 2. The average Bonchev–Trinajstić information content (AvgIpc) is 2.39. The van der Waals surface area contributed by atoms with Gasteiger partial charge >= 0.3 is 5.97 Å². The van der Waals surface area contributed by atoms with Crippen LogP contribution in [0.4, 0.5) is 14.5 Å². The van der Waals surface area contributed by atoms with Crippen molar-refractivity contribution >= 4 is 39.2 Å². The quantitative estimate of drug-likeness (QED) is 0.814. The van der Waals surface area contributed by atoms with Crippen molar-refractivity contribution in [1.29, 1.82) is 0 Å². The third-order valence-electron chi connectivity index (χ3n) is 2.77. The van der Waals surface area contributed by atoms with Gasteiger partial charge in [0, 0.05) is 22.1 Å². The third-order valence-corrected chi connectivity index (χ3v) is 3.74. The molecule has 0 fully saturated rings. The molecule has 2 aromatic carbocycles. The molecule has 0 saturated heterocycles. The summed E-state index contributed by atoms with van der Waals surface area (Å²) in [5.41, 5.74) is 0.115. The highest BCUT2D eigenvalue weighted by molar-refractivity contribution is 9.10. The van der Waals surface area contributed by atoms with Crippen LogP contribution in [-0.4, -0.2) is 11.1 Å². The van der Waals surface area contributed by atoms with Crippen LogP contribution in [-0.2, 0) is 6.54 Å². The summed E-state index contributed by atoms with van der Waals surface area (Å²) in [7, 11) is 0. The molecular formula is C14H9BrClF2NO2. The second kappa shape index (κ2) is 6.41. The lowest BCUT2D eigenvalue weighted by molar-refractivity contribution is 0.0692. The summed E-state index contributed by atoms with van der Waals surface area (Å²) in [6, 6.07) is 6.56. The number of anilines is 1. The zero-order valence-electron chi connectivity index (χ0n) is 10.5. The minimum Gasteiger partial charge on any atom is -0.478 e. The number of carboxylic acid groups (broad SMARTS) is 1. The average molecular weight is 377 g/mol. The molecule has 0 saturated carbocycles. The van der Waals surface area contributed by atoms with Gasteiger partial charge in [-0.05, 0) is 23.8 Å². The summed E-state index contributed by atoms with van der Waals surface area (Å²) >= 11 is 9.13. The van der Waals surface area contributed by atoms with Crippen LogP contribution in [0.2, 0.25) is 5.02 Å². The smallest absolute Gasteiger partial charge is 0.338 e. The zero-order chi connectivity index (χ0) is 15.6. The molecule has 2 N–H and O–H groups in total. The van der Waals surface area contributed by atoms with Crippen molar-refractivity contribution in [2.75, 3.05) is 5.32 Å². The molecule has 7 heteroatoms. The molecule has 0 aliphatic heterocycles. The minimum atomic E-state index is -1.46. The number of halogens is 4. The van der Waals surface area contributed by atoms with Gasteiger partial charge in [-0.1, -0.05) is 33.6 Å². The predicted molar refractivity (Wildman–Crippen MR) is 79.8 cm³/mol. The maximum atomic E-state index is 13.6. The van der Waals surface area contributed by atoms with Gasteiger partial charge in [-0.15, -0.1) is 0 Å². The van der Waals surface area contributed by atoms with Gasteiger partial charge in [0.2, 0.25) is 0 Å². The fourth-order valence-electron chi connectivity index (χ4n) is 1.70. The maximum Gasteiger partial charge on any atom is 0.338 e. The van der Waals surface area contributed by atoms with Gasteiger partial charge in [0.15, 0.2) is 0 Å². The summed E-state index contributed by atoms with van der Waals surface area (Å²) in [6.07, 6.45) is 0. The lowest BCUT2D eigenvalue weighted by Gasteiger charge is -2.10. The van der Waals surface area contributed by atoms with E-state index in [1.165, 1.54) is 0 Å². The largest absolute Gasteiger partial charge is 0.478 e. The Morgan fingerprint density at radius 2 is 1.95 bits per heavy atom. The molecule has 0 atom stereocenters. The normalized spacial score (nSPS) is 10.5. The number of hydrogen-bond donors (Lipinski definition) is 2. The Balaban J connectivity index is 2.23. The van der Waals surface area contributed by atoms with Crippen molar-refractivity contribution in [3.8, 4) is 0 Å². The molecule has 110 valence electrons. The Morgan fingerprint density at radius 3 is 2.57 bits per heavy atom. The number of carboxylic acids is 1. The first-order chi connectivity index (χ1) is 9.88. The van der Waals surface area contributed by atoms with Gasteiger partial charge in [0.05, 0.1) is 11.3 Å². The lowest BCUT2D eigenvalue weighted by Crippen LogP contribution is -2.07. The molecule has 2 rings (SSSR count). The van der Waals surface area contributed by atoms with E-state index in [0.29, 0.717) is 11.1 Å². The number of rotatable bonds is 4. The Hall–Kier alpha value is -1.66. The summed E-state index contributed by atoms with van der Waals surface area (Å²) in [5, 5.41) is 12.1. The molecule has 21 heavy (non-hydrogen) atoms. The number of nitrogens with one attached hydrogen (secondary N) is 1. The van der Waals surface area contributed by atoms with E-state index in [1.54, 1.807) is 18.2 Å². The van der Waals surface area contributed by atoms with Crippen molar-refractivity contribution < 1.29 is 18.7 Å². The molecule has 3 nitrogen and oxygen atoms in total. The van der Waals surface area contributed by atoms with Crippen molar-refractivity contribution in [3.63, 3.8) is 0 Å². The lowest BCUT2D eigenvalue weighted by atomic mass is 10.1. The molecule has 0 amide bonds. The maximum absolute atomic E-state index is 13.6. The molecule has 0 heterocycles. The molecule has 0 radical (unpaired) electrons. The van der Waals surface area contributed by atoms with Crippen LogP contribution in [0, 0.1) is 11.6 Å². The fourth-order valence-corrected chi connectivity index (χ4v) is 2.53. The van der Waals surface area contributed by atoms with Crippen molar-refractivity contribution in [3.05, 3.63) is 62.6 Å². The molecule has 0 bridgehead atoms. The van der Waals surface area contributed by atoms with Crippen LogP contribution in [0.25, 0.3) is 0 Å². The number of aromatic carboxylic acids is 1. The van der Waals surface area contributed by atoms with Crippen LogP contribution in [0.5, 0.6) is 0 Å². The summed E-state index contributed by atoms with van der Waals surface area (Å²) in [6.45, 7) is 0.222. The Morgan fingerprint density at radius 1 is 1.24 bits per heavy atom. The first kappa shape index (κ1) is 15.7. The van der Waals surface area contributed by atoms with E-state index in [1.807, 2.05) is 0 Å². The molecule has 0 spiro atoms. The molecule has 0 aliphatic carbocycles. The summed E-state index contributed by atoms with van der Waals surface area (Å²) in [5.74, 6) is -3.43. The van der Waals surface area contributed by atoms with Crippen molar-refractivity contribution in [2.24, 2.45) is 0 Å². The standard InChI is InChI=1S/C14H9BrClF2NO2/c15-10-3-8(16)2-1-7(10)6-19-13-4-9(14(20)21)11(17)5-12(13)18/h1-5,19H,6H2,(H,20,21). The molecule has 0 unspecified atom stereocenters.